The molecule has 0 saturated carbocycles. The zero-order chi connectivity index (χ0) is 16.0. The van der Waals surface area contributed by atoms with Crippen LogP contribution < -0.4 is 0 Å². The van der Waals surface area contributed by atoms with Crippen molar-refractivity contribution < 1.29 is 4.79 Å². The van der Waals surface area contributed by atoms with Crippen LogP contribution in [0.4, 0.5) is 4.79 Å². The molecule has 2 heterocycles. The van der Waals surface area contributed by atoms with Crippen LogP contribution in [0.3, 0.4) is 0 Å². The number of hydrogen-bond donors (Lipinski definition) is 0. The van der Waals surface area contributed by atoms with Crippen molar-refractivity contribution in [1.82, 2.24) is 19.6 Å². The first-order valence-electron chi connectivity index (χ1n) is 8.38. The van der Waals surface area contributed by atoms with Gasteiger partial charge in [-0.1, -0.05) is 20.8 Å². The summed E-state index contributed by atoms with van der Waals surface area (Å²) < 4.78 is 0. The van der Waals surface area contributed by atoms with Crippen LogP contribution in [0, 0.1) is 0 Å². The van der Waals surface area contributed by atoms with Crippen molar-refractivity contribution in [3.63, 3.8) is 0 Å². The van der Waals surface area contributed by atoms with Gasteiger partial charge in [-0.05, 0) is 26.4 Å². The van der Waals surface area contributed by atoms with Crippen LogP contribution >= 0.6 is 0 Å². The standard InChI is InChI=1S/C14H28N4O.C2H6/c1-5-18-11-10-16(4)12-14(18)6-8-17(9-7-14)13(19)15(2)3;1-2/h5-12H2,1-4H3;1-2H3. The Labute approximate surface area is 130 Å². The Morgan fingerprint density at radius 2 is 1.67 bits per heavy atom. The van der Waals surface area contributed by atoms with E-state index in [-0.39, 0.29) is 6.03 Å². The van der Waals surface area contributed by atoms with Crippen molar-refractivity contribution in [2.75, 3.05) is 60.4 Å². The van der Waals surface area contributed by atoms with Crippen LogP contribution in [-0.2, 0) is 0 Å². The number of nitrogens with zero attached hydrogens (tertiary/aromatic N) is 4. The lowest BCUT2D eigenvalue weighted by atomic mass is 9.83. The fraction of sp³-hybridized carbons (Fsp3) is 0.938. The first kappa shape index (κ1) is 18.2. The Balaban J connectivity index is 0.00000106. The number of rotatable bonds is 1. The molecular weight excluding hydrogens is 264 g/mol. The number of urea groups is 1. The van der Waals surface area contributed by atoms with E-state index in [9.17, 15) is 4.79 Å². The van der Waals surface area contributed by atoms with Crippen LogP contribution in [0.5, 0.6) is 0 Å². The normalized spacial score (nSPS) is 22.7. The number of likely N-dealkylation sites (tertiary alicyclic amines) is 1. The average Bonchev–Trinajstić information content (AvgIpc) is 2.49. The molecule has 2 amide bonds. The highest BCUT2D eigenvalue weighted by molar-refractivity contribution is 5.73. The summed E-state index contributed by atoms with van der Waals surface area (Å²) in [7, 11) is 5.88. The zero-order valence-corrected chi connectivity index (χ0v) is 14.9. The molecule has 0 radical (unpaired) electrons. The van der Waals surface area contributed by atoms with Crippen molar-refractivity contribution in [2.45, 2.75) is 39.2 Å². The quantitative estimate of drug-likeness (QED) is 0.739. The van der Waals surface area contributed by atoms with Crippen LogP contribution in [0.2, 0.25) is 0 Å². The summed E-state index contributed by atoms with van der Waals surface area (Å²) >= 11 is 0. The molecule has 2 aliphatic rings. The highest BCUT2D eigenvalue weighted by Gasteiger charge is 2.43. The van der Waals surface area contributed by atoms with Crippen molar-refractivity contribution in [3.05, 3.63) is 0 Å². The van der Waals surface area contributed by atoms with Gasteiger partial charge in [0.1, 0.15) is 0 Å². The SMILES string of the molecule is CC.CCN1CCN(C)CC12CCN(C(=O)N(C)C)CC2. The highest BCUT2D eigenvalue weighted by atomic mass is 16.2. The Morgan fingerprint density at radius 1 is 1.10 bits per heavy atom. The van der Waals surface area contributed by atoms with Crippen LogP contribution in [0.1, 0.15) is 33.6 Å². The van der Waals surface area contributed by atoms with Crippen molar-refractivity contribution in [3.8, 4) is 0 Å². The second-order valence-corrected chi connectivity index (χ2v) is 6.21. The lowest BCUT2D eigenvalue weighted by Crippen LogP contribution is -2.65. The lowest BCUT2D eigenvalue weighted by molar-refractivity contribution is -0.0267. The van der Waals surface area contributed by atoms with E-state index in [1.165, 1.54) is 0 Å². The molecule has 0 aromatic rings. The van der Waals surface area contributed by atoms with E-state index < -0.39 is 0 Å². The monoisotopic (exact) mass is 298 g/mol. The summed E-state index contributed by atoms with van der Waals surface area (Å²) in [5, 5.41) is 0. The molecule has 2 aliphatic heterocycles. The Hall–Kier alpha value is -0.810. The number of carbonyl (C=O) groups excluding carboxylic acids is 1. The molecule has 0 aromatic heterocycles. The predicted molar refractivity (Wildman–Crippen MR) is 88.7 cm³/mol. The second kappa shape index (κ2) is 7.99. The van der Waals surface area contributed by atoms with Gasteiger partial charge >= 0.3 is 6.03 Å². The van der Waals surface area contributed by atoms with Gasteiger partial charge in [-0.15, -0.1) is 0 Å². The summed E-state index contributed by atoms with van der Waals surface area (Å²) in [4.78, 5) is 20.8. The minimum Gasteiger partial charge on any atom is -0.331 e. The topological polar surface area (TPSA) is 30.0 Å². The Morgan fingerprint density at radius 3 is 2.14 bits per heavy atom. The number of hydrogen-bond acceptors (Lipinski definition) is 3. The minimum atomic E-state index is 0.155. The molecule has 0 bridgehead atoms. The molecule has 2 fully saturated rings. The third kappa shape index (κ3) is 4.10. The average molecular weight is 298 g/mol. The molecule has 21 heavy (non-hydrogen) atoms. The molecule has 124 valence electrons. The number of carbonyl (C=O) groups is 1. The number of amides is 2. The summed E-state index contributed by atoms with van der Waals surface area (Å²) in [5.74, 6) is 0. The molecule has 0 aromatic carbocycles. The maximum Gasteiger partial charge on any atom is 0.319 e. The number of piperidine rings is 1. The zero-order valence-electron chi connectivity index (χ0n) is 14.9. The maximum atomic E-state index is 12.0. The van der Waals surface area contributed by atoms with Gasteiger partial charge in [-0.3, -0.25) is 4.90 Å². The van der Waals surface area contributed by atoms with E-state index in [1.54, 1.807) is 4.90 Å². The van der Waals surface area contributed by atoms with E-state index in [2.05, 4.69) is 23.8 Å². The van der Waals surface area contributed by atoms with E-state index in [1.807, 2.05) is 32.8 Å². The number of likely N-dealkylation sites (N-methyl/N-ethyl adjacent to an activating group) is 2. The van der Waals surface area contributed by atoms with E-state index in [0.29, 0.717) is 5.54 Å². The Bertz CT molecular complexity index is 324. The summed E-state index contributed by atoms with van der Waals surface area (Å²) in [6, 6.07) is 0.155. The largest absolute Gasteiger partial charge is 0.331 e. The summed E-state index contributed by atoms with van der Waals surface area (Å²) in [5.41, 5.74) is 0.296. The lowest BCUT2D eigenvalue weighted by Gasteiger charge is -2.53. The van der Waals surface area contributed by atoms with Crippen LogP contribution in [-0.4, -0.2) is 91.6 Å². The molecule has 2 rings (SSSR count). The van der Waals surface area contributed by atoms with Gasteiger partial charge in [0.25, 0.3) is 0 Å². The molecular formula is C16H34N4O. The summed E-state index contributed by atoms with van der Waals surface area (Å²) in [6.07, 6.45) is 2.20. The molecule has 5 heteroatoms. The van der Waals surface area contributed by atoms with Crippen molar-refractivity contribution in [2.24, 2.45) is 0 Å². The summed E-state index contributed by atoms with van der Waals surface area (Å²) in [6.45, 7) is 12.6. The first-order chi connectivity index (χ1) is 9.98. The molecule has 0 N–H and O–H groups in total. The molecule has 0 aliphatic carbocycles. The van der Waals surface area contributed by atoms with E-state index >= 15 is 0 Å². The van der Waals surface area contributed by atoms with Gasteiger partial charge in [0, 0.05) is 52.4 Å². The maximum absolute atomic E-state index is 12.0. The second-order valence-electron chi connectivity index (χ2n) is 6.21. The first-order valence-corrected chi connectivity index (χ1v) is 8.38. The minimum absolute atomic E-state index is 0.155. The predicted octanol–water partition coefficient (Wildman–Crippen LogP) is 1.80. The van der Waals surface area contributed by atoms with Gasteiger partial charge in [-0.2, -0.15) is 0 Å². The fourth-order valence-electron chi connectivity index (χ4n) is 3.58. The molecule has 5 nitrogen and oxygen atoms in total. The third-order valence-electron chi connectivity index (χ3n) is 4.72. The van der Waals surface area contributed by atoms with Crippen molar-refractivity contribution in [1.29, 1.82) is 0 Å². The molecule has 2 saturated heterocycles. The van der Waals surface area contributed by atoms with Gasteiger partial charge in [-0.25, -0.2) is 4.79 Å². The van der Waals surface area contributed by atoms with E-state index in [4.69, 9.17) is 0 Å². The highest BCUT2D eigenvalue weighted by Crippen LogP contribution is 2.32. The van der Waals surface area contributed by atoms with E-state index in [0.717, 1.165) is 52.1 Å². The van der Waals surface area contributed by atoms with Gasteiger partial charge in [0.15, 0.2) is 0 Å². The van der Waals surface area contributed by atoms with Crippen molar-refractivity contribution >= 4 is 6.03 Å². The number of piperazine rings is 1. The van der Waals surface area contributed by atoms with Gasteiger partial charge < -0.3 is 14.7 Å². The molecule has 1 spiro atoms. The van der Waals surface area contributed by atoms with Gasteiger partial charge in [0.05, 0.1) is 0 Å². The third-order valence-corrected chi connectivity index (χ3v) is 4.72. The fourth-order valence-corrected chi connectivity index (χ4v) is 3.58. The molecule has 0 unspecified atom stereocenters. The molecule has 0 atom stereocenters. The van der Waals surface area contributed by atoms with Gasteiger partial charge in [0.2, 0.25) is 0 Å². The van der Waals surface area contributed by atoms with Crippen LogP contribution in [0.15, 0.2) is 0 Å². The Kier molecular flexibility index (Phi) is 6.94. The van der Waals surface area contributed by atoms with Crippen LogP contribution in [0.25, 0.3) is 0 Å². The smallest absolute Gasteiger partial charge is 0.319 e.